The molecule has 1 N–H and O–H groups in total. The summed E-state index contributed by atoms with van der Waals surface area (Å²) < 4.78 is 4.94. The number of carbonyl (C=O) groups is 4. The molecule has 0 bridgehead atoms. The molecule has 1 aromatic carbocycles. The zero-order chi connectivity index (χ0) is 19.4. The first-order valence-corrected chi connectivity index (χ1v) is 8.98. The lowest BCUT2D eigenvalue weighted by molar-refractivity contribution is -0.148. The van der Waals surface area contributed by atoms with Gasteiger partial charge in [0.25, 0.3) is 5.91 Å². The fourth-order valence-corrected chi connectivity index (χ4v) is 3.34. The molecule has 2 aliphatic rings. The van der Waals surface area contributed by atoms with Gasteiger partial charge in [-0.15, -0.1) is 0 Å². The molecule has 2 atom stereocenters. The van der Waals surface area contributed by atoms with Crippen LogP contribution >= 0.6 is 0 Å². The van der Waals surface area contributed by atoms with E-state index in [1.165, 1.54) is 0 Å². The highest BCUT2D eigenvalue weighted by Gasteiger charge is 2.46. The fraction of sp³-hybridized carbons (Fsp3) is 0.400. The summed E-state index contributed by atoms with van der Waals surface area (Å²) >= 11 is 0. The van der Waals surface area contributed by atoms with Gasteiger partial charge in [-0.3, -0.25) is 24.1 Å². The average Bonchev–Trinajstić information content (AvgIpc) is 2.91. The van der Waals surface area contributed by atoms with E-state index in [-0.39, 0.29) is 36.6 Å². The van der Waals surface area contributed by atoms with E-state index in [1.807, 2.05) is 31.2 Å². The van der Waals surface area contributed by atoms with Gasteiger partial charge in [0.05, 0.1) is 18.3 Å². The number of anilines is 1. The Bertz CT molecular complexity index is 758. The molecule has 1 aromatic rings. The minimum atomic E-state index is -0.623. The monoisotopic (exact) mass is 370 g/mol. The van der Waals surface area contributed by atoms with Crippen LogP contribution in [0.3, 0.4) is 0 Å². The first-order valence-electron chi connectivity index (χ1n) is 8.98. The topological polar surface area (TPSA) is 92.8 Å². The van der Waals surface area contributed by atoms with Gasteiger partial charge in [-0.2, -0.15) is 0 Å². The van der Waals surface area contributed by atoms with E-state index in [0.29, 0.717) is 18.5 Å². The third kappa shape index (κ3) is 4.42. The van der Waals surface area contributed by atoms with Crippen LogP contribution in [0.2, 0.25) is 0 Å². The van der Waals surface area contributed by atoms with Crippen LogP contribution < -0.4 is 5.32 Å². The summed E-state index contributed by atoms with van der Waals surface area (Å²) in [4.78, 5) is 49.5. The number of imide groups is 1. The van der Waals surface area contributed by atoms with Crippen molar-refractivity contribution in [2.75, 3.05) is 18.5 Å². The number of benzene rings is 1. The third-order valence-electron chi connectivity index (χ3n) is 4.84. The summed E-state index contributed by atoms with van der Waals surface area (Å²) in [5.41, 5.74) is 1.69. The predicted octanol–water partition coefficient (Wildman–Crippen LogP) is 1.82. The molecule has 7 nitrogen and oxygen atoms in total. The molecule has 1 heterocycles. The number of hydrogen-bond acceptors (Lipinski definition) is 5. The number of nitrogens with one attached hydrogen (secondary N) is 1. The SMILES string of the molecule is Cc1ccc(NC(=O)COC(=O)CCN2C(=O)[C@@H]3CC=CC[C@H]3C2=O)cc1. The van der Waals surface area contributed by atoms with Crippen molar-refractivity contribution in [2.24, 2.45) is 11.8 Å². The first kappa shape index (κ1) is 18.8. The van der Waals surface area contributed by atoms with E-state index in [1.54, 1.807) is 12.1 Å². The van der Waals surface area contributed by atoms with Gasteiger partial charge in [-0.25, -0.2) is 0 Å². The maximum Gasteiger partial charge on any atom is 0.308 e. The second kappa shape index (κ2) is 8.16. The van der Waals surface area contributed by atoms with Gasteiger partial charge in [0, 0.05) is 12.2 Å². The number of hydrogen-bond donors (Lipinski definition) is 1. The van der Waals surface area contributed by atoms with Crippen LogP contribution in [-0.4, -0.2) is 41.7 Å². The zero-order valence-corrected chi connectivity index (χ0v) is 15.1. The summed E-state index contributed by atoms with van der Waals surface area (Å²) in [5, 5.41) is 2.63. The Hall–Kier alpha value is -2.96. The molecule has 1 aliphatic heterocycles. The quantitative estimate of drug-likeness (QED) is 0.468. The lowest BCUT2D eigenvalue weighted by atomic mass is 9.85. The highest BCUT2D eigenvalue weighted by atomic mass is 16.5. The Balaban J connectivity index is 1.42. The number of fused-ring (bicyclic) bond motifs is 1. The van der Waals surface area contributed by atoms with Crippen molar-refractivity contribution >= 4 is 29.4 Å². The molecule has 3 rings (SSSR count). The molecule has 1 aliphatic carbocycles. The summed E-state index contributed by atoms with van der Waals surface area (Å²) in [5.74, 6) is -2.13. The largest absolute Gasteiger partial charge is 0.456 e. The standard InChI is InChI=1S/C20H22N2O5/c1-13-6-8-14(9-7-13)21-17(23)12-27-18(24)10-11-22-19(25)15-4-2-3-5-16(15)20(22)26/h2-3,6-9,15-16H,4-5,10-12H2,1H3,(H,21,23)/t15-,16-/m1/s1. The van der Waals surface area contributed by atoms with Gasteiger partial charge >= 0.3 is 5.97 Å². The average molecular weight is 370 g/mol. The Morgan fingerprint density at radius 1 is 1.07 bits per heavy atom. The van der Waals surface area contributed by atoms with Crippen LogP contribution in [0.25, 0.3) is 0 Å². The Kier molecular flexibility index (Phi) is 5.69. The number of nitrogens with zero attached hydrogens (tertiary/aromatic N) is 1. The molecule has 7 heteroatoms. The van der Waals surface area contributed by atoms with Crippen LogP contribution in [0.4, 0.5) is 5.69 Å². The Morgan fingerprint density at radius 2 is 1.67 bits per heavy atom. The van der Waals surface area contributed by atoms with Gasteiger partial charge < -0.3 is 10.1 Å². The van der Waals surface area contributed by atoms with Crippen LogP contribution in [0.15, 0.2) is 36.4 Å². The van der Waals surface area contributed by atoms with Crippen LogP contribution in [-0.2, 0) is 23.9 Å². The lowest BCUT2D eigenvalue weighted by Gasteiger charge is -2.14. The first-order chi connectivity index (χ1) is 13.0. The zero-order valence-electron chi connectivity index (χ0n) is 15.1. The Labute approximate surface area is 157 Å². The van der Waals surface area contributed by atoms with Gasteiger partial charge in [-0.1, -0.05) is 29.8 Å². The summed E-state index contributed by atoms with van der Waals surface area (Å²) in [6.45, 7) is 1.52. The number of esters is 1. The number of carbonyl (C=O) groups excluding carboxylic acids is 4. The smallest absolute Gasteiger partial charge is 0.308 e. The Morgan fingerprint density at radius 3 is 2.26 bits per heavy atom. The number of amides is 3. The summed E-state index contributed by atoms with van der Waals surface area (Å²) in [7, 11) is 0. The fourth-order valence-electron chi connectivity index (χ4n) is 3.34. The lowest BCUT2D eigenvalue weighted by Crippen LogP contribution is -2.33. The van der Waals surface area contributed by atoms with Crippen LogP contribution in [0.5, 0.6) is 0 Å². The molecular weight excluding hydrogens is 348 g/mol. The van der Waals surface area contributed by atoms with E-state index in [9.17, 15) is 19.2 Å². The molecule has 3 amide bonds. The molecule has 27 heavy (non-hydrogen) atoms. The van der Waals surface area contributed by atoms with Crippen LogP contribution in [0, 0.1) is 18.8 Å². The molecule has 1 saturated heterocycles. The van der Waals surface area contributed by atoms with Gasteiger partial charge in [0.15, 0.2) is 6.61 Å². The molecule has 0 spiro atoms. The van der Waals surface area contributed by atoms with Gasteiger partial charge in [-0.05, 0) is 31.9 Å². The van der Waals surface area contributed by atoms with E-state index >= 15 is 0 Å². The van der Waals surface area contributed by atoms with E-state index in [4.69, 9.17) is 4.74 Å². The molecular formula is C20H22N2O5. The minimum absolute atomic E-state index is 0.0108. The second-order valence-corrected chi connectivity index (χ2v) is 6.81. The number of rotatable bonds is 6. The van der Waals surface area contributed by atoms with E-state index in [0.717, 1.165) is 10.5 Å². The summed E-state index contributed by atoms with van der Waals surface area (Å²) in [6.07, 6.45) is 4.83. The van der Waals surface area contributed by atoms with Gasteiger partial charge in [0.2, 0.25) is 11.8 Å². The highest BCUT2D eigenvalue weighted by Crippen LogP contribution is 2.34. The minimum Gasteiger partial charge on any atom is -0.456 e. The maximum atomic E-state index is 12.3. The van der Waals surface area contributed by atoms with E-state index in [2.05, 4.69) is 5.32 Å². The molecule has 1 fully saturated rings. The highest BCUT2D eigenvalue weighted by molar-refractivity contribution is 6.05. The van der Waals surface area contributed by atoms with Crippen molar-refractivity contribution in [2.45, 2.75) is 26.2 Å². The third-order valence-corrected chi connectivity index (χ3v) is 4.84. The normalized spacial score (nSPS) is 21.1. The number of ether oxygens (including phenoxy) is 1. The van der Waals surface area contributed by atoms with E-state index < -0.39 is 18.5 Å². The number of allylic oxidation sites excluding steroid dienone is 2. The van der Waals surface area contributed by atoms with Gasteiger partial charge in [0.1, 0.15) is 0 Å². The van der Waals surface area contributed by atoms with Crippen molar-refractivity contribution in [3.05, 3.63) is 42.0 Å². The molecule has 0 saturated carbocycles. The molecule has 0 aromatic heterocycles. The van der Waals surface area contributed by atoms with Crippen molar-refractivity contribution in [3.63, 3.8) is 0 Å². The van der Waals surface area contributed by atoms with Crippen molar-refractivity contribution in [1.82, 2.24) is 4.90 Å². The predicted molar refractivity (Wildman–Crippen MR) is 97.5 cm³/mol. The molecule has 0 unspecified atom stereocenters. The van der Waals surface area contributed by atoms with Crippen molar-refractivity contribution in [3.8, 4) is 0 Å². The number of likely N-dealkylation sites (tertiary alicyclic amines) is 1. The maximum absolute atomic E-state index is 12.3. The van der Waals surface area contributed by atoms with Crippen LogP contribution in [0.1, 0.15) is 24.8 Å². The van der Waals surface area contributed by atoms with Crippen molar-refractivity contribution < 1.29 is 23.9 Å². The molecule has 0 radical (unpaired) electrons. The molecule has 142 valence electrons. The second-order valence-electron chi connectivity index (χ2n) is 6.81. The summed E-state index contributed by atoms with van der Waals surface area (Å²) in [6, 6.07) is 7.24. The number of aryl methyl sites for hydroxylation is 1. The van der Waals surface area contributed by atoms with Crippen molar-refractivity contribution in [1.29, 1.82) is 0 Å².